The van der Waals surface area contributed by atoms with Crippen molar-refractivity contribution in [3.8, 4) is 0 Å². The Hall–Kier alpha value is -2.62. The van der Waals surface area contributed by atoms with Crippen molar-refractivity contribution in [2.75, 3.05) is 5.32 Å². The first kappa shape index (κ1) is 19.7. The largest absolute Gasteiger partial charge is 0.502 e. The number of rotatable bonds is 3. The van der Waals surface area contributed by atoms with Crippen LogP contribution >= 0.6 is 0 Å². The van der Waals surface area contributed by atoms with Crippen LogP contribution in [0.5, 0.6) is 0 Å². The number of aryl methyl sites for hydroxylation is 2. The van der Waals surface area contributed by atoms with E-state index in [4.69, 9.17) is 0 Å². The highest BCUT2D eigenvalue weighted by molar-refractivity contribution is 7.89. The highest BCUT2D eigenvalue weighted by Gasteiger charge is 2.51. The van der Waals surface area contributed by atoms with Crippen molar-refractivity contribution in [2.24, 2.45) is 0 Å². The first-order valence-corrected chi connectivity index (χ1v) is 10.6. The van der Waals surface area contributed by atoms with E-state index in [-0.39, 0.29) is 0 Å². The Morgan fingerprint density at radius 2 is 1.66 bits per heavy atom. The van der Waals surface area contributed by atoms with Crippen molar-refractivity contribution in [2.45, 2.75) is 49.9 Å². The van der Waals surface area contributed by atoms with Gasteiger partial charge in [0, 0.05) is 11.9 Å². The van der Waals surface area contributed by atoms with E-state index in [1.54, 1.807) is 0 Å². The number of aromatic nitrogens is 1. The van der Waals surface area contributed by atoms with Crippen LogP contribution in [-0.4, -0.2) is 30.0 Å². The maximum Gasteiger partial charge on any atom is 0.502 e. The molecule has 0 radical (unpaired) electrons. The van der Waals surface area contributed by atoms with Crippen LogP contribution in [0.4, 0.5) is 23.7 Å². The maximum atomic E-state index is 13.7. The fourth-order valence-electron chi connectivity index (χ4n) is 4.08. The third-order valence-electron chi connectivity index (χ3n) is 5.26. The highest BCUT2D eigenvalue weighted by Crippen LogP contribution is 2.39. The van der Waals surface area contributed by atoms with Crippen LogP contribution in [-0.2, 0) is 35.7 Å². The number of anilines is 1. The molecule has 0 fully saturated rings. The second kappa shape index (κ2) is 7.01. The van der Waals surface area contributed by atoms with Gasteiger partial charge in [-0.25, -0.2) is 9.78 Å². The predicted molar refractivity (Wildman–Crippen MR) is 98.8 cm³/mol. The quantitative estimate of drug-likeness (QED) is 0.759. The van der Waals surface area contributed by atoms with Crippen LogP contribution in [0.1, 0.15) is 35.1 Å². The van der Waals surface area contributed by atoms with Gasteiger partial charge in [0.1, 0.15) is 0 Å². The molecule has 2 aliphatic rings. The van der Waals surface area contributed by atoms with Crippen molar-refractivity contribution >= 4 is 21.7 Å². The molecule has 6 nitrogen and oxygen atoms in total. The molecule has 0 unspecified atom stereocenters. The van der Waals surface area contributed by atoms with Crippen LogP contribution in [0.2, 0.25) is 0 Å². The minimum Gasteiger partial charge on any atom is -0.306 e. The molecule has 0 spiro atoms. The Labute approximate surface area is 165 Å². The lowest BCUT2D eigenvalue weighted by atomic mass is 9.99. The summed E-state index contributed by atoms with van der Waals surface area (Å²) in [7, 11) is -5.22. The number of sulfonamides is 1. The second-order valence-corrected chi connectivity index (χ2v) is 8.80. The standard InChI is InChI=1S/C19H18F3N3O3S/c20-19(21,22)25(29(27,28)16-9-1-2-10-23-16)18(26)24-17-14-7-3-5-12(14)11-13-6-4-8-15(13)17/h1-2,9-11H,3-8H2,(H,24,26). The molecule has 0 aliphatic heterocycles. The molecular formula is C19H18F3N3O3S. The molecule has 0 saturated heterocycles. The minimum absolute atomic E-state index is 0.336. The number of nitrogens with zero attached hydrogens (tertiary/aromatic N) is 2. The zero-order chi connectivity index (χ0) is 20.8. The lowest BCUT2D eigenvalue weighted by Gasteiger charge is -2.25. The number of fused-ring (bicyclic) bond motifs is 2. The van der Waals surface area contributed by atoms with Gasteiger partial charge in [-0.15, -0.1) is 17.5 Å². The number of alkyl halides is 3. The van der Waals surface area contributed by atoms with E-state index in [9.17, 15) is 26.4 Å². The molecule has 2 amide bonds. The first-order valence-electron chi connectivity index (χ1n) is 9.20. The van der Waals surface area contributed by atoms with Gasteiger partial charge in [0.25, 0.3) is 10.0 Å². The summed E-state index contributed by atoms with van der Waals surface area (Å²) in [6.07, 6.45) is 0.153. The third-order valence-corrected chi connectivity index (χ3v) is 6.89. The number of carbonyl (C=O) groups is 1. The number of hydrogen-bond donors (Lipinski definition) is 1. The lowest BCUT2D eigenvalue weighted by molar-refractivity contribution is -0.191. The summed E-state index contributed by atoms with van der Waals surface area (Å²) >= 11 is 0. The van der Waals surface area contributed by atoms with Gasteiger partial charge in [0.05, 0.1) is 0 Å². The molecule has 2 aromatic rings. The smallest absolute Gasteiger partial charge is 0.306 e. The summed E-state index contributed by atoms with van der Waals surface area (Å²) in [6.45, 7) is 0. The van der Waals surface area contributed by atoms with E-state index in [1.807, 2.05) is 0 Å². The molecule has 154 valence electrons. The van der Waals surface area contributed by atoms with Crippen LogP contribution < -0.4 is 5.32 Å². The van der Waals surface area contributed by atoms with Gasteiger partial charge in [-0.1, -0.05) is 12.1 Å². The van der Waals surface area contributed by atoms with E-state index in [2.05, 4.69) is 16.4 Å². The second-order valence-electron chi connectivity index (χ2n) is 7.07. The van der Waals surface area contributed by atoms with Crippen LogP contribution in [0.3, 0.4) is 0 Å². The number of benzene rings is 1. The molecule has 1 aromatic heterocycles. The molecule has 0 atom stereocenters. The Morgan fingerprint density at radius 1 is 1.03 bits per heavy atom. The van der Waals surface area contributed by atoms with Crippen molar-refractivity contribution in [1.82, 2.24) is 9.29 Å². The summed E-state index contributed by atoms with van der Waals surface area (Å²) < 4.78 is 65.0. The van der Waals surface area contributed by atoms with E-state index in [0.29, 0.717) is 18.5 Å². The predicted octanol–water partition coefficient (Wildman–Crippen LogP) is 3.80. The van der Waals surface area contributed by atoms with Crippen LogP contribution in [0.25, 0.3) is 0 Å². The van der Waals surface area contributed by atoms with Crippen LogP contribution in [0, 0.1) is 0 Å². The summed E-state index contributed by atoms with van der Waals surface area (Å²) in [5.74, 6) is 0. The first-order chi connectivity index (χ1) is 13.7. The van der Waals surface area contributed by atoms with Gasteiger partial charge in [-0.05, 0) is 72.9 Å². The molecule has 0 saturated carbocycles. The number of carbonyl (C=O) groups excluding carboxylic acids is 1. The van der Waals surface area contributed by atoms with Crippen molar-refractivity contribution in [1.29, 1.82) is 0 Å². The Bertz CT molecular complexity index is 1040. The highest BCUT2D eigenvalue weighted by atomic mass is 32.2. The average molecular weight is 425 g/mol. The summed E-state index contributed by atoms with van der Waals surface area (Å²) in [5.41, 5.74) is 3.95. The Kier molecular flexibility index (Phi) is 4.76. The number of hydrogen-bond acceptors (Lipinski definition) is 4. The topological polar surface area (TPSA) is 79.4 Å². The molecule has 1 aromatic carbocycles. The van der Waals surface area contributed by atoms with Gasteiger partial charge >= 0.3 is 12.3 Å². The van der Waals surface area contributed by atoms with Gasteiger partial charge < -0.3 is 5.32 Å². The average Bonchev–Trinajstić information content (AvgIpc) is 3.30. The number of urea groups is 1. The molecule has 10 heteroatoms. The van der Waals surface area contributed by atoms with Gasteiger partial charge in [-0.2, -0.15) is 8.42 Å². The number of pyridine rings is 1. The van der Waals surface area contributed by atoms with Crippen LogP contribution in [0.15, 0.2) is 35.5 Å². The molecule has 1 heterocycles. The number of nitrogens with one attached hydrogen (secondary N) is 1. The van der Waals surface area contributed by atoms with Crippen molar-refractivity contribution in [3.63, 3.8) is 0 Å². The van der Waals surface area contributed by atoms with Crippen molar-refractivity contribution < 1.29 is 26.4 Å². The van der Waals surface area contributed by atoms with E-state index >= 15 is 0 Å². The molecule has 0 bridgehead atoms. The van der Waals surface area contributed by atoms with E-state index in [0.717, 1.165) is 60.2 Å². The number of amides is 2. The molecule has 2 aliphatic carbocycles. The molecule has 4 rings (SSSR count). The third kappa shape index (κ3) is 3.45. The Balaban J connectivity index is 1.75. The Morgan fingerprint density at radius 3 is 2.17 bits per heavy atom. The minimum atomic E-state index is -5.44. The SMILES string of the molecule is O=C(Nc1c2c(cc3c1CCC3)CCC2)N(C(F)(F)F)S(=O)(=O)c1ccccn1. The van der Waals surface area contributed by atoms with Gasteiger partial charge in [0.2, 0.25) is 0 Å². The summed E-state index contributed by atoms with van der Waals surface area (Å²) in [5, 5.41) is 1.43. The zero-order valence-electron chi connectivity index (χ0n) is 15.3. The fraction of sp³-hybridized carbons (Fsp3) is 0.368. The maximum absolute atomic E-state index is 13.7. The number of halogens is 3. The van der Waals surface area contributed by atoms with Gasteiger partial charge in [0.15, 0.2) is 5.03 Å². The molecule has 29 heavy (non-hydrogen) atoms. The van der Waals surface area contributed by atoms with E-state index in [1.165, 1.54) is 12.1 Å². The van der Waals surface area contributed by atoms with Crippen molar-refractivity contribution in [3.05, 3.63) is 52.7 Å². The molecular weight excluding hydrogens is 407 g/mol. The monoisotopic (exact) mass is 425 g/mol. The van der Waals surface area contributed by atoms with E-state index < -0.39 is 31.7 Å². The zero-order valence-corrected chi connectivity index (χ0v) is 16.1. The lowest BCUT2D eigenvalue weighted by Crippen LogP contribution is -2.49. The summed E-state index contributed by atoms with van der Waals surface area (Å²) in [6, 6.07) is 3.83. The van der Waals surface area contributed by atoms with Gasteiger partial charge in [-0.3, -0.25) is 0 Å². The summed E-state index contributed by atoms with van der Waals surface area (Å²) in [4.78, 5) is 16.1. The normalized spacial score (nSPS) is 15.7. The molecule has 1 N–H and O–H groups in total. The fourth-order valence-corrected chi connectivity index (χ4v) is 5.25.